The number of aryl methyl sites for hydroxylation is 1. The van der Waals surface area contributed by atoms with E-state index in [2.05, 4.69) is 34.6 Å². The first-order chi connectivity index (χ1) is 14.6. The van der Waals surface area contributed by atoms with Gasteiger partial charge in [-0.3, -0.25) is 0 Å². The number of fused-ring (bicyclic) bond motifs is 1. The average molecular weight is 433 g/mol. The number of ether oxygens (including phenoxy) is 1. The Morgan fingerprint density at radius 1 is 0.903 bits per heavy atom. The topological polar surface area (TPSA) is 49.7 Å². The van der Waals surface area contributed by atoms with Crippen molar-refractivity contribution in [1.82, 2.24) is 0 Å². The van der Waals surface area contributed by atoms with Gasteiger partial charge in [0.25, 0.3) is 0 Å². The number of hydrogen-bond acceptors (Lipinski definition) is 3. The summed E-state index contributed by atoms with van der Waals surface area (Å²) in [6.07, 6.45) is 13.3. The molecular formula is C28H48O3. The summed E-state index contributed by atoms with van der Waals surface area (Å²) in [6.45, 7) is 13.6. The van der Waals surface area contributed by atoms with Gasteiger partial charge >= 0.3 is 0 Å². The fourth-order valence-electron chi connectivity index (χ4n) is 4.98. The Kier molecular flexibility index (Phi) is 10.2. The van der Waals surface area contributed by atoms with Crippen LogP contribution in [0.3, 0.4) is 0 Å². The Hall–Kier alpha value is -1.22. The van der Waals surface area contributed by atoms with E-state index >= 15 is 0 Å². The lowest BCUT2D eigenvalue weighted by molar-refractivity contribution is 0.0514. The first kappa shape index (κ1) is 26.0. The molecule has 0 aromatic heterocycles. The minimum absolute atomic E-state index is 0.0822. The van der Waals surface area contributed by atoms with Crippen LogP contribution in [-0.4, -0.2) is 22.4 Å². The molecule has 1 aromatic rings. The van der Waals surface area contributed by atoms with Crippen LogP contribution >= 0.6 is 0 Å². The van der Waals surface area contributed by atoms with E-state index in [-0.39, 0.29) is 5.60 Å². The zero-order valence-corrected chi connectivity index (χ0v) is 21.1. The van der Waals surface area contributed by atoms with Crippen molar-refractivity contribution in [2.24, 2.45) is 17.8 Å². The molecule has 0 saturated heterocycles. The predicted molar refractivity (Wildman–Crippen MR) is 131 cm³/mol. The molecule has 3 nitrogen and oxygen atoms in total. The molecule has 2 N–H and O–H groups in total. The summed E-state index contributed by atoms with van der Waals surface area (Å²) in [5.41, 5.74) is 3.11. The molecular weight excluding hydrogens is 384 g/mol. The maximum atomic E-state index is 10.1. The Morgan fingerprint density at radius 3 is 2.03 bits per heavy atom. The summed E-state index contributed by atoms with van der Waals surface area (Å²) < 4.78 is 6.52. The minimum atomic E-state index is -0.0822. The number of aromatic hydroxyl groups is 1. The molecule has 3 heteroatoms. The van der Waals surface area contributed by atoms with Gasteiger partial charge in [-0.05, 0) is 93.4 Å². The lowest BCUT2D eigenvalue weighted by Crippen LogP contribution is -2.36. The predicted octanol–water partition coefficient (Wildman–Crippen LogP) is 7.50. The Bertz CT molecular complexity index is 683. The molecule has 1 aliphatic heterocycles. The number of phenols is 1. The van der Waals surface area contributed by atoms with Crippen molar-refractivity contribution >= 4 is 0 Å². The Labute approximate surface area is 191 Å². The second-order valence-corrected chi connectivity index (χ2v) is 10.9. The normalized spacial score (nSPS) is 21.3. The van der Waals surface area contributed by atoms with Crippen LogP contribution in [-0.2, 0) is 6.42 Å². The van der Waals surface area contributed by atoms with Crippen LogP contribution in [0.15, 0.2) is 6.07 Å². The molecule has 0 radical (unpaired) electrons. The molecule has 1 aliphatic rings. The van der Waals surface area contributed by atoms with E-state index in [0.29, 0.717) is 18.3 Å². The third-order valence-electron chi connectivity index (χ3n) is 7.66. The highest BCUT2D eigenvalue weighted by molar-refractivity contribution is 5.53. The first-order valence-corrected chi connectivity index (χ1v) is 12.8. The number of aliphatic hydroxyl groups excluding tert-OH is 1. The summed E-state index contributed by atoms with van der Waals surface area (Å²) in [7, 11) is 0. The summed E-state index contributed by atoms with van der Waals surface area (Å²) >= 11 is 0. The van der Waals surface area contributed by atoms with E-state index in [4.69, 9.17) is 9.84 Å². The smallest absolute Gasteiger partial charge is 0.126 e. The SMILES string of the molecule is Cc1c(O)cc2c(c1C)OC(C)(CCCC(C)CCCC(C)CCCC(C)CO)CC2. The zero-order chi connectivity index (χ0) is 23.0. The third-order valence-corrected chi connectivity index (χ3v) is 7.66. The summed E-state index contributed by atoms with van der Waals surface area (Å²) in [6, 6.07) is 1.90. The molecule has 31 heavy (non-hydrogen) atoms. The second kappa shape index (κ2) is 12.1. The number of aliphatic hydroxyl groups is 1. The summed E-state index contributed by atoms with van der Waals surface area (Å²) in [4.78, 5) is 0. The maximum absolute atomic E-state index is 10.1. The van der Waals surface area contributed by atoms with Gasteiger partial charge in [-0.1, -0.05) is 59.3 Å². The van der Waals surface area contributed by atoms with E-state index in [0.717, 1.165) is 60.0 Å². The third kappa shape index (κ3) is 8.00. The monoisotopic (exact) mass is 432 g/mol. The van der Waals surface area contributed by atoms with E-state index in [1.807, 2.05) is 13.0 Å². The highest BCUT2D eigenvalue weighted by Crippen LogP contribution is 2.42. The van der Waals surface area contributed by atoms with Crippen molar-refractivity contribution in [3.63, 3.8) is 0 Å². The van der Waals surface area contributed by atoms with Crippen LogP contribution in [0.25, 0.3) is 0 Å². The highest BCUT2D eigenvalue weighted by Gasteiger charge is 2.33. The lowest BCUT2D eigenvalue weighted by Gasteiger charge is -2.37. The van der Waals surface area contributed by atoms with Gasteiger partial charge in [-0.2, -0.15) is 0 Å². The van der Waals surface area contributed by atoms with Crippen LogP contribution < -0.4 is 4.74 Å². The van der Waals surface area contributed by atoms with Crippen LogP contribution in [0, 0.1) is 31.6 Å². The largest absolute Gasteiger partial charge is 0.508 e. The van der Waals surface area contributed by atoms with Crippen LogP contribution in [0.5, 0.6) is 11.5 Å². The number of benzene rings is 1. The van der Waals surface area contributed by atoms with Crippen LogP contribution in [0.1, 0.15) is 109 Å². The molecule has 178 valence electrons. The number of rotatable bonds is 13. The summed E-state index contributed by atoms with van der Waals surface area (Å²) in [5.74, 6) is 3.45. The molecule has 1 heterocycles. The zero-order valence-electron chi connectivity index (χ0n) is 21.1. The van der Waals surface area contributed by atoms with Gasteiger partial charge in [0.1, 0.15) is 17.1 Å². The second-order valence-electron chi connectivity index (χ2n) is 10.9. The van der Waals surface area contributed by atoms with Gasteiger partial charge in [0, 0.05) is 6.61 Å². The fourth-order valence-corrected chi connectivity index (χ4v) is 4.98. The van der Waals surface area contributed by atoms with Gasteiger partial charge in [0.2, 0.25) is 0 Å². The van der Waals surface area contributed by atoms with Crippen molar-refractivity contribution < 1.29 is 14.9 Å². The highest BCUT2D eigenvalue weighted by atomic mass is 16.5. The van der Waals surface area contributed by atoms with Gasteiger partial charge in [-0.25, -0.2) is 0 Å². The molecule has 4 atom stereocenters. The molecule has 1 aromatic carbocycles. The first-order valence-electron chi connectivity index (χ1n) is 12.8. The van der Waals surface area contributed by atoms with Crippen LogP contribution in [0.4, 0.5) is 0 Å². The van der Waals surface area contributed by atoms with Crippen molar-refractivity contribution in [2.75, 3.05) is 6.61 Å². The lowest BCUT2D eigenvalue weighted by atomic mass is 9.85. The van der Waals surface area contributed by atoms with Crippen LogP contribution in [0.2, 0.25) is 0 Å². The van der Waals surface area contributed by atoms with Gasteiger partial charge in [0.05, 0.1) is 0 Å². The molecule has 0 aliphatic carbocycles. The Balaban J connectivity index is 1.67. The summed E-state index contributed by atoms with van der Waals surface area (Å²) in [5, 5.41) is 19.2. The van der Waals surface area contributed by atoms with E-state index < -0.39 is 0 Å². The van der Waals surface area contributed by atoms with Crippen molar-refractivity contribution in [2.45, 2.75) is 118 Å². The molecule has 0 bridgehead atoms. The molecule has 0 saturated carbocycles. The van der Waals surface area contributed by atoms with E-state index in [9.17, 15) is 5.11 Å². The molecule has 0 fully saturated rings. The molecule has 0 spiro atoms. The quantitative estimate of drug-likeness (QED) is 0.339. The van der Waals surface area contributed by atoms with E-state index in [1.165, 1.54) is 44.9 Å². The van der Waals surface area contributed by atoms with Gasteiger partial charge in [0.15, 0.2) is 0 Å². The number of phenolic OH excluding ortho intramolecular Hbond substituents is 1. The fraction of sp³-hybridized carbons (Fsp3) is 0.786. The number of hydrogen-bond donors (Lipinski definition) is 2. The maximum Gasteiger partial charge on any atom is 0.126 e. The average Bonchev–Trinajstić information content (AvgIpc) is 2.72. The van der Waals surface area contributed by atoms with E-state index in [1.54, 1.807) is 0 Å². The molecule has 0 amide bonds. The van der Waals surface area contributed by atoms with Gasteiger partial charge in [-0.15, -0.1) is 0 Å². The van der Waals surface area contributed by atoms with Crippen molar-refractivity contribution in [3.05, 3.63) is 22.8 Å². The minimum Gasteiger partial charge on any atom is -0.508 e. The van der Waals surface area contributed by atoms with Crippen molar-refractivity contribution in [1.29, 1.82) is 0 Å². The standard InChI is InChI=1S/C28H48O3/c1-20(12-8-13-22(3)19-29)10-7-11-21(2)14-9-16-28(6)17-15-25-18-26(30)23(4)24(5)27(25)31-28/h18,20-22,29-30H,7-17,19H2,1-6H3. The molecule has 4 unspecified atom stereocenters. The van der Waals surface area contributed by atoms with Crippen molar-refractivity contribution in [3.8, 4) is 11.5 Å². The van der Waals surface area contributed by atoms with Gasteiger partial charge < -0.3 is 14.9 Å². The Morgan fingerprint density at radius 2 is 1.45 bits per heavy atom. The molecule has 2 rings (SSSR count).